The lowest BCUT2D eigenvalue weighted by Gasteiger charge is -2.30. The summed E-state index contributed by atoms with van der Waals surface area (Å²) in [6.07, 6.45) is -6.11. The number of hydrogen-bond donors (Lipinski definition) is 1. The molecule has 5 aromatic rings. The first-order valence-electron chi connectivity index (χ1n) is 17.8. The summed E-state index contributed by atoms with van der Waals surface area (Å²) in [5.41, 5.74) is 2.15. The molecule has 4 aromatic heterocycles. The predicted molar refractivity (Wildman–Crippen MR) is 206 cm³/mol. The number of rotatable bonds is 10. The number of carbonyl (C=O) groups is 1. The molecular weight excluding hydrogens is 817 g/mol. The van der Waals surface area contributed by atoms with Gasteiger partial charge in [-0.15, -0.1) is 0 Å². The van der Waals surface area contributed by atoms with E-state index in [9.17, 15) is 10.1 Å². The molecule has 8 rings (SSSR count). The van der Waals surface area contributed by atoms with Crippen LogP contribution in [-0.2, 0) is 36.6 Å². The molecule has 3 fully saturated rings. The molecule has 0 spiro atoms. The summed E-state index contributed by atoms with van der Waals surface area (Å²) in [6, 6.07) is 10.5. The number of carbonyl (C=O) groups excluding carboxylic acids is 1. The molecule has 0 aliphatic carbocycles. The molecule has 1 amide bonds. The van der Waals surface area contributed by atoms with Crippen LogP contribution in [-0.4, -0.2) is 122 Å². The Balaban J connectivity index is 1.12. The lowest BCUT2D eigenvalue weighted by molar-refractivity contribution is -0.0625. The number of halogens is 2. The summed E-state index contributed by atoms with van der Waals surface area (Å²) in [5, 5.41) is 12.0. The predicted octanol–water partition coefficient (Wildman–Crippen LogP) is 3.65. The smallest absolute Gasteiger partial charge is 0.333 e. The Hall–Kier alpha value is -4.77. The lowest BCUT2D eigenvalue weighted by Crippen LogP contribution is -2.35. The Kier molecular flexibility index (Phi) is 12.4. The maximum absolute atomic E-state index is 16.8. The number of benzene rings is 1. The topological polar surface area (TPSA) is 218 Å². The van der Waals surface area contributed by atoms with Gasteiger partial charge >= 0.3 is 8.60 Å². The minimum atomic E-state index is -3.33. The molecular formula is C34H36BF2N11O9P2. The summed E-state index contributed by atoms with van der Waals surface area (Å²) in [6.45, 7) is 8.04. The number of alkyl halides is 2. The van der Waals surface area contributed by atoms with Crippen LogP contribution in [0.1, 0.15) is 34.9 Å². The molecule has 25 heteroatoms. The summed E-state index contributed by atoms with van der Waals surface area (Å²) in [7, 11) is -6.88. The van der Waals surface area contributed by atoms with E-state index in [4.69, 9.17) is 43.2 Å². The third-order valence-corrected chi connectivity index (χ3v) is 11.5. The average Bonchev–Trinajstić information content (AvgIpc) is 4.01. The number of nitrogens with zero attached hydrogens (tertiary/aromatic N) is 10. The van der Waals surface area contributed by atoms with Gasteiger partial charge in [-0.2, -0.15) is 5.26 Å². The van der Waals surface area contributed by atoms with E-state index >= 15 is 8.78 Å². The Morgan fingerprint density at radius 1 is 1.00 bits per heavy atom. The Morgan fingerprint density at radius 3 is 2.51 bits per heavy atom. The number of aryl methyl sites for hydroxylation is 1. The first kappa shape index (κ1) is 41.0. The summed E-state index contributed by atoms with van der Waals surface area (Å²) < 4.78 is 86.2. The zero-order valence-corrected chi connectivity index (χ0v) is 32.1. The van der Waals surface area contributed by atoms with Crippen molar-refractivity contribution >= 4 is 58.0 Å². The number of amides is 1. The van der Waals surface area contributed by atoms with Crippen molar-refractivity contribution < 1.29 is 50.2 Å². The fraction of sp³-hybridized carbons (Fsp3) is 0.441. The number of nitriles is 1. The van der Waals surface area contributed by atoms with Crippen molar-refractivity contribution in [3.63, 3.8) is 0 Å². The van der Waals surface area contributed by atoms with Gasteiger partial charge in [0.15, 0.2) is 60.1 Å². The number of aromatic nitrogens is 8. The van der Waals surface area contributed by atoms with Crippen LogP contribution in [0.2, 0.25) is 0 Å². The summed E-state index contributed by atoms with van der Waals surface area (Å²) >= 11 is 0. The van der Waals surface area contributed by atoms with E-state index in [1.54, 1.807) is 37.3 Å². The molecule has 20 nitrogen and oxygen atoms in total. The zero-order valence-electron chi connectivity index (χ0n) is 30.4. The van der Waals surface area contributed by atoms with Crippen LogP contribution in [0.25, 0.3) is 27.2 Å². The van der Waals surface area contributed by atoms with Gasteiger partial charge in [0.25, 0.3) is 5.91 Å². The number of imidazole rings is 2. The maximum Gasteiger partial charge on any atom is 0.333 e. The molecule has 59 heavy (non-hydrogen) atoms. The Morgan fingerprint density at radius 2 is 1.73 bits per heavy atom. The van der Waals surface area contributed by atoms with Crippen molar-refractivity contribution in [1.29, 1.82) is 5.26 Å². The van der Waals surface area contributed by atoms with Crippen molar-refractivity contribution in [1.82, 2.24) is 39.0 Å². The monoisotopic (exact) mass is 853 g/mol. The molecule has 1 aromatic carbocycles. The van der Waals surface area contributed by atoms with E-state index in [0.29, 0.717) is 22.4 Å². The van der Waals surface area contributed by atoms with E-state index in [-0.39, 0.29) is 49.8 Å². The number of fused-ring (bicyclic) bond motifs is 5. The molecule has 1 N–H and O–H groups in total. The summed E-state index contributed by atoms with van der Waals surface area (Å²) in [4.78, 5) is 42.3. The highest BCUT2D eigenvalue weighted by Crippen LogP contribution is 2.61. The molecule has 7 heterocycles. The largest absolute Gasteiger partial charge is 0.346 e. The van der Waals surface area contributed by atoms with Gasteiger partial charge in [0.1, 0.15) is 43.1 Å². The van der Waals surface area contributed by atoms with E-state index in [2.05, 4.69) is 40.1 Å². The van der Waals surface area contributed by atoms with Crippen molar-refractivity contribution in [3.05, 3.63) is 78.3 Å². The third-order valence-electron chi connectivity index (χ3n) is 9.16. The molecule has 10 atom stereocenters. The highest BCUT2D eigenvalue weighted by atomic mass is 31.2. The van der Waals surface area contributed by atoms with Crippen LogP contribution in [0, 0.1) is 24.8 Å². The quantitative estimate of drug-likeness (QED) is 0.0918. The van der Waals surface area contributed by atoms with Crippen molar-refractivity contribution in [2.24, 2.45) is 0 Å². The SMILES string of the molecule is [BH3-][P+]1(OCC[N+]#[C-])OC[C@H]2O[C@@H](n3cnc4c(NC(=O)c5ccccc5)ncnc43)[C@H](OP(OCCC#N)OC[C@H]3O[C@@H](n4cnc5c(C)ncnc54)[C@H](F)[C@@H]3O1)[C@H]2F. The minimum absolute atomic E-state index is 0.0204. The molecule has 2 bridgehead atoms. The Bertz CT molecular complexity index is 2380. The second-order valence-corrected chi connectivity index (χ2v) is 15.2. The highest BCUT2D eigenvalue weighted by molar-refractivity contribution is 7.85. The van der Waals surface area contributed by atoms with Crippen LogP contribution in [0.4, 0.5) is 14.6 Å². The molecule has 2 unspecified atom stereocenters. The van der Waals surface area contributed by atoms with E-state index in [1.807, 2.05) is 6.07 Å². The standard InChI is InChI=1S/C34H36BF2N11O9P2/c1-19-25-30(42-15-40-19)47(17-44-25)33-24(37)27-22(55-33)13-51-58(50-11-6-9-38)56-28-23(36)21(14-53-59(35,57-27)52-12-10-39-2)54-34(28)48-18-45-26-29(41-16-43-31(26)48)46-32(49)20-7-4-3-5-8-20/h3-5,7-8,15-18,21-24,27-28,33-34H,6,10-14H2,1,35H3,(H,41,43,46,49)/t21-,22-,23+,24-,27-,28-,33-,34-,58?,59?/m1/s1. The average molecular weight is 853 g/mol. The molecule has 0 radical (unpaired) electrons. The van der Waals surface area contributed by atoms with Crippen LogP contribution in [0.15, 0.2) is 55.6 Å². The van der Waals surface area contributed by atoms with Crippen LogP contribution >= 0.6 is 16.4 Å². The van der Waals surface area contributed by atoms with Gasteiger partial charge in [-0.1, -0.05) is 18.2 Å². The van der Waals surface area contributed by atoms with E-state index < -0.39 is 85.7 Å². The normalized spacial score (nSPS) is 29.8. The highest BCUT2D eigenvalue weighted by Gasteiger charge is 2.56. The van der Waals surface area contributed by atoms with Gasteiger partial charge in [-0.25, -0.2) is 58.8 Å². The Labute approximate surface area is 337 Å². The van der Waals surface area contributed by atoms with Crippen molar-refractivity contribution in [2.45, 2.75) is 62.6 Å². The fourth-order valence-electron chi connectivity index (χ4n) is 6.39. The van der Waals surface area contributed by atoms with Crippen LogP contribution in [0.5, 0.6) is 0 Å². The first-order valence-corrected chi connectivity index (χ1v) is 20.0. The second-order valence-electron chi connectivity index (χ2n) is 12.8. The fourth-order valence-corrected chi connectivity index (χ4v) is 8.66. The third kappa shape index (κ3) is 8.50. The molecule has 308 valence electrons. The second kappa shape index (κ2) is 17.8. The molecule has 3 aliphatic heterocycles. The number of hydrogen-bond acceptors (Lipinski definition) is 16. The lowest BCUT2D eigenvalue weighted by atomic mass is 10.1. The van der Waals surface area contributed by atoms with Crippen LogP contribution < -0.4 is 5.32 Å². The van der Waals surface area contributed by atoms with Gasteiger partial charge in [0, 0.05) is 5.56 Å². The zero-order chi connectivity index (χ0) is 41.1. The van der Waals surface area contributed by atoms with Gasteiger partial charge in [-0.05, 0) is 19.1 Å². The van der Waals surface area contributed by atoms with Crippen molar-refractivity contribution in [2.75, 3.05) is 38.3 Å². The number of anilines is 1. The molecule has 3 saturated heterocycles. The van der Waals surface area contributed by atoms with Gasteiger partial charge in [-0.3, -0.25) is 13.9 Å². The van der Waals surface area contributed by atoms with Crippen molar-refractivity contribution in [3.8, 4) is 6.07 Å². The summed E-state index contributed by atoms with van der Waals surface area (Å²) in [5.74, 6) is -0.328. The minimum Gasteiger partial charge on any atom is -0.346 e. The molecule has 0 saturated carbocycles. The number of ether oxygens (including phenoxy) is 2. The molecule has 3 aliphatic rings. The van der Waals surface area contributed by atoms with Gasteiger partial charge in [0.2, 0.25) is 21.9 Å². The van der Waals surface area contributed by atoms with Crippen LogP contribution in [0.3, 0.4) is 0 Å². The van der Waals surface area contributed by atoms with E-state index in [1.165, 1.54) is 34.4 Å². The van der Waals surface area contributed by atoms with E-state index in [0.717, 1.165) is 0 Å². The maximum atomic E-state index is 16.8. The van der Waals surface area contributed by atoms with Gasteiger partial charge in [0.05, 0.1) is 44.1 Å². The first-order chi connectivity index (χ1) is 28.7. The number of nitrogens with one attached hydrogen (secondary N) is 1. The van der Waals surface area contributed by atoms with Gasteiger partial charge < -0.3 is 33.2 Å².